The highest BCUT2D eigenvalue weighted by molar-refractivity contribution is 5.67. The maximum Gasteiger partial charge on any atom is 0.412 e. The van der Waals surface area contributed by atoms with Gasteiger partial charge in [0.1, 0.15) is 6.33 Å². The normalized spacial score (nSPS) is 9.75. The van der Waals surface area contributed by atoms with E-state index in [2.05, 4.69) is 19.7 Å². The lowest BCUT2D eigenvalue weighted by atomic mass is 10.2. The fraction of sp³-hybridized carbons (Fsp3) is 0. The molecule has 2 rings (SSSR count). The van der Waals surface area contributed by atoms with Crippen molar-refractivity contribution in [3.8, 4) is 17.4 Å². The summed E-state index contributed by atoms with van der Waals surface area (Å²) in [6.07, 6.45) is 0.304. The molecule has 0 aliphatic rings. The molecule has 1 amide bonds. The van der Waals surface area contributed by atoms with Crippen molar-refractivity contribution in [3.63, 3.8) is 0 Å². The summed E-state index contributed by atoms with van der Waals surface area (Å²) in [5, 5.41) is 0. The first-order valence-electron chi connectivity index (χ1n) is 4.47. The molecule has 0 unspecified atom stereocenters. The molecule has 1 aromatic carbocycles. The predicted molar refractivity (Wildman–Crippen MR) is 55.5 cm³/mol. The van der Waals surface area contributed by atoms with Crippen molar-refractivity contribution in [2.45, 2.75) is 0 Å². The van der Waals surface area contributed by atoms with Crippen LogP contribution in [0.4, 0.5) is 4.79 Å². The monoisotopic (exact) mass is 216 g/mol. The first-order valence-corrected chi connectivity index (χ1v) is 4.47. The molecule has 0 radical (unpaired) electrons. The summed E-state index contributed by atoms with van der Waals surface area (Å²) >= 11 is 0. The van der Waals surface area contributed by atoms with E-state index in [4.69, 9.17) is 5.73 Å². The number of rotatable bonds is 2. The van der Waals surface area contributed by atoms with E-state index in [-0.39, 0.29) is 6.01 Å². The summed E-state index contributed by atoms with van der Waals surface area (Å²) in [5.41, 5.74) is 5.66. The third-order valence-electron chi connectivity index (χ3n) is 1.77. The van der Waals surface area contributed by atoms with Crippen molar-refractivity contribution in [1.29, 1.82) is 0 Å². The quantitative estimate of drug-likeness (QED) is 0.808. The van der Waals surface area contributed by atoms with Crippen LogP contribution >= 0.6 is 0 Å². The second-order valence-corrected chi connectivity index (χ2v) is 2.88. The van der Waals surface area contributed by atoms with Gasteiger partial charge in [0.15, 0.2) is 5.82 Å². The molecule has 1 heterocycles. The van der Waals surface area contributed by atoms with Crippen LogP contribution in [0, 0.1) is 0 Å². The van der Waals surface area contributed by atoms with Crippen LogP contribution in [-0.4, -0.2) is 21.0 Å². The van der Waals surface area contributed by atoms with Crippen molar-refractivity contribution >= 4 is 6.09 Å². The minimum absolute atomic E-state index is 0.110. The Morgan fingerprint density at radius 3 is 2.62 bits per heavy atom. The summed E-state index contributed by atoms with van der Waals surface area (Å²) in [6, 6.07) is 9.15. The molecule has 0 fully saturated rings. The number of nitrogens with zero attached hydrogens (tertiary/aromatic N) is 3. The highest BCUT2D eigenvalue weighted by Gasteiger charge is 2.05. The van der Waals surface area contributed by atoms with Gasteiger partial charge in [0.2, 0.25) is 0 Å². The molecular formula is C10H8N4O2. The number of ether oxygens (including phenoxy) is 1. The van der Waals surface area contributed by atoms with E-state index >= 15 is 0 Å². The highest BCUT2D eigenvalue weighted by atomic mass is 16.6. The van der Waals surface area contributed by atoms with E-state index < -0.39 is 6.09 Å². The minimum atomic E-state index is -0.954. The van der Waals surface area contributed by atoms with Gasteiger partial charge in [-0.1, -0.05) is 30.3 Å². The first-order chi connectivity index (χ1) is 7.75. The zero-order valence-corrected chi connectivity index (χ0v) is 8.20. The largest absolute Gasteiger partial charge is 0.412 e. The van der Waals surface area contributed by atoms with Crippen molar-refractivity contribution < 1.29 is 9.53 Å². The summed E-state index contributed by atoms with van der Waals surface area (Å²) < 4.78 is 4.55. The highest BCUT2D eigenvalue weighted by Crippen LogP contribution is 2.14. The van der Waals surface area contributed by atoms with Gasteiger partial charge in [-0.05, 0) is 0 Å². The van der Waals surface area contributed by atoms with Crippen LogP contribution in [0.15, 0.2) is 36.7 Å². The Balaban J connectivity index is 2.33. The molecule has 6 heteroatoms. The second-order valence-electron chi connectivity index (χ2n) is 2.88. The van der Waals surface area contributed by atoms with Crippen LogP contribution in [-0.2, 0) is 0 Å². The average molecular weight is 216 g/mol. The fourth-order valence-electron chi connectivity index (χ4n) is 1.15. The van der Waals surface area contributed by atoms with Crippen LogP contribution < -0.4 is 10.5 Å². The van der Waals surface area contributed by atoms with Crippen LogP contribution in [0.25, 0.3) is 11.4 Å². The molecule has 2 N–H and O–H groups in total. The third kappa shape index (κ3) is 2.30. The molecule has 2 aromatic rings. The molecule has 80 valence electrons. The van der Waals surface area contributed by atoms with Crippen molar-refractivity contribution in [1.82, 2.24) is 15.0 Å². The van der Waals surface area contributed by atoms with E-state index in [9.17, 15) is 4.79 Å². The number of carbonyl (C=O) groups excluding carboxylic acids is 1. The molecule has 0 bridgehead atoms. The van der Waals surface area contributed by atoms with E-state index in [1.807, 2.05) is 30.3 Å². The molecule has 16 heavy (non-hydrogen) atoms. The number of carbonyl (C=O) groups is 1. The molecule has 0 atom stereocenters. The van der Waals surface area contributed by atoms with E-state index in [1.165, 1.54) is 6.33 Å². The minimum Gasteiger partial charge on any atom is -0.374 e. The molecule has 1 aromatic heterocycles. The Morgan fingerprint density at radius 2 is 1.94 bits per heavy atom. The van der Waals surface area contributed by atoms with Crippen LogP contribution in [0.3, 0.4) is 0 Å². The van der Waals surface area contributed by atoms with Crippen LogP contribution in [0.2, 0.25) is 0 Å². The van der Waals surface area contributed by atoms with Gasteiger partial charge >= 0.3 is 12.1 Å². The van der Waals surface area contributed by atoms with E-state index in [0.29, 0.717) is 5.82 Å². The summed E-state index contributed by atoms with van der Waals surface area (Å²) in [4.78, 5) is 22.1. The van der Waals surface area contributed by atoms with Crippen LogP contribution in [0.1, 0.15) is 0 Å². The van der Waals surface area contributed by atoms with Crippen molar-refractivity contribution in [2.75, 3.05) is 0 Å². The Kier molecular flexibility index (Phi) is 2.73. The van der Waals surface area contributed by atoms with Gasteiger partial charge in [-0.25, -0.2) is 9.78 Å². The molecular weight excluding hydrogens is 208 g/mol. The van der Waals surface area contributed by atoms with Gasteiger partial charge in [-0.15, -0.1) is 0 Å². The summed E-state index contributed by atoms with van der Waals surface area (Å²) in [5.74, 6) is 0.423. The molecule has 0 aliphatic heterocycles. The lowest BCUT2D eigenvalue weighted by Gasteiger charge is -2.01. The number of nitrogens with two attached hydrogens (primary N) is 1. The molecule has 0 aliphatic carbocycles. The maximum absolute atomic E-state index is 10.5. The lowest BCUT2D eigenvalue weighted by Crippen LogP contribution is -2.18. The standard InChI is InChI=1S/C10H8N4O2/c11-9(15)16-10-13-6-12-8(14-10)7-4-2-1-3-5-7/h1-6H,(H2,11,15). The predicted octanol–water partition coefficient (Wildman–Crippen LogP) is 0.996. The summed E-state index contributed by atoms with van der Waals surface area (Å²) in [7, 11) is 0. The number of aromatic nitrogens is 3. The zero-order valence-electron chi connectivity index (χ0n) is 8.20. The smallest absolute Gasteiger partial charge is 0.374 e. The van der Waals surface area contributed by atoms with E-state index in [1.54, 1.807) is 0 Å². The number of benzene rings is 1. The lowest BCUT2D eigenvalue weighted by molar-refractivity contribution is 0.207. The number of primary amides is 1. The third-order valence-corrected chi connectivity index (χ3v) is 1.77. The van der Waals surface area contributed by atoms with Crippen molar-refractivity contribution in [2.24, 2.45) is 5.73 Å². The van der Waals surface area contributed by atoms with Gasteiger partial charge in [-0.2, -0.15) is 9.97 Å². The summed E-state index contributed by atoms with van der Waals surface area (Å²) in [6.45, 7) is 0. The van der Waals surface area contributed by atoms with Crippen molar-refractivity contribution in [3.05, 3.63) is 36.7 Å². The van der Waals surface area contributed by atoms with Gasteiger partial charge in [0.05, 0.1) is 0 Å². The van der Waals surface area contributed by atoms with Gasteiger partial charge < -0.3 is 10.5 Å². The van der Waals surface area contributed by atoms with Gasteiger partial charge in [-0.3, -0.25) is 0 Å². The number of hydrogen-bond donors (Lipinski definition) is 1. The molecule has 0 spiro atoms. The fourth-order valence-corrected chi connectivity index (χ4v) is 1.15. The van der Waals surface area contributed by atoms with Gasteiger partial charge in [0.25, 0.3) is 0 Å². The van der Waals surface area contributed by atoms with Gasteiger partial charge in [0, 0.05) is 5.56 Å². The Hall–Kier alpha value is -2.50. The molecule has 0 saturated heterocycles. The average Bonchev–Trinajstić information content (AvgIpc) is 2.30. The Labute approximate surface area is 91.1 Å². The van der Waals surface area contributed by atoms with Crippen LogP contribution in [0.5, 0.6) is 6.01 Å². The maximum atomic E-state index is 10.5. The zero-order chi connectivity index (χ0) is 11.4. The van der Waals surface area contributed by atoms with E-state index in [0.717, 1.165) is 5.56 Å². The Bertz CT molecular complexity index is 501. The number of amides is 1. The number of hydrogen-bond acceptors (Lipinski definition) is 5. The Morgan fingerprint density at radius 1 is 1.19 bits per heavy atom. The SMILES string of the molecule is NC(=O)Oc1ncnc(-c2ccccc2)n1. The first kappa shape index (κ1) is 10.0. The molecule has 6 nitrogen and oxygen atoms in total. The molecule has 0 saturated carbocycles. The topological polar surface area (TPSA) is 91.0 Å². The second kappa shape index (κ2) is 4.35.